The third kappa shape index (κ3) is 5.11. The number of anilines is 1. The number of hydrogen-bond acceptors (Lipinski definition) is 4. The number of amides is 2. The summed E-state index contributed by atoms with van der Waals surface area (Å²) in [5.41, 5.74) is -0.677. The number of carbonyl (C=O) groups is 2. The molecular weight excluding hydrogens is 446 g/mol. The van der Waals surface area contributed by atoms with Crippen molar-refractivity contribution in [2.24, 2.45) is 4.99 Å². The largest absolute Gasteiger partial charge is 0.417 e. The average Bonchev–Trinajstić information content (AvgIpc) is 2.92. The first-order chi connectivity index (χ1) is 14.0. The van der Waals surface area contributed by atoms with Crippen LogP contribution in [0.1, 0.15) is 12.0 Å². The lowest BCUT2D eigenvalue weighted by molar-refractivity contribution is -0.137. The van der Waals surface area contributed by atoms with Crippen molar-refractivity contribution in [1.82, 2.24) is 4.90 Å². The monoisotopic (exact) mass is 459 g/mol. The van der Waals surface area contributed by atoms with Crippen LogP contribution in [0.3, 0.4) is 0 Å². The Bertz CT molecular complexity index is 1010. The van der Waals surface area contributed by atoms with Crippen molar-refractivity contribution in [3.8, 4) is 0 Å². The van der Waals surface area contributed by atoms with Crippen molar-refractivity contribution in [2.45, 2.75) is 17.8 Å². The molecule has 2 aromatic rings. The summed E-state index contributed by atoms with van der Waals surface area (Å²) in [6, 6.07) is 8.32. The lowest BCUT2D eigenvalue weighted by atomic mass is 10.2. The van der Waals surface area contributed by atoms with E-state index in [9.17, 15) is 27.2 Å². The number of aliphatic imine (C=N–C) groups is 1. The molecule has 1 fully saturated rings. The van der Waals surface area contributed by atoms with E-state index in [-0.39, 0.29) is 17.3 Å². The summed E-state index contributed by atoms with van der Waals surface area (Å²) in [5, 5.41) is 1.48. The molecule has 11 heteroatoms. The Balaban J connectivity index is 1.72. The van der Waals surface area contributed by atoms with E-state index >= 15 is 0 Å². The molecule has 0 saturated carbocycles. The molecule has 0 aliphatic carbocycles. The fourth-order valence-corrected chi connectivity index (χ4v) is 4.00. The highest BCUT2D eigenvalue weighted by Gasteiger charge is 2.37. The molecule has 1 aliphatic heterocycles. The first kappa shape index (κ1) is 22.1. The van der Waals surface area contributed by atoms with Gasteiger partial charge in [0.15, 0.2) is 5.17 Å². The van der Waals surface area contributed by atoms with Crippen LogP contribution < -0.4 is 5.32 Å². The minimum atomic E-state index is -4.64. The maximum atomic E-state index is 13.0. The van der Waals surface area contributed by atoms with E-state index in [1.54, 1.807) is 0 Å². The fraction of sp³-hybridized carbons (Fsp3) is 0.211. The van der Waals surface area contributed by atoms with E-state index in [1.807, 2.05) is 0 Å². The van der Waals surface area contributed by atoms with Crippen LogP contribution in [0.15, 0.2) is 47.5 Å². The predicted octanol–water partition coefficient (Wildman–Crippen LogP) is 5.09. The second-order valence-electron chi connectivity index (χ2n) is 6.32. The molecular formula is C19H14ClF4N3O2S. The zero-order chi connectivity index (χ0) is 22.1. The first-order valence-corrected chi connectivity index (χ1v) is 9.75. The number of nitrogens with zero attached hydrogens (tertiary/aromatic N) is 2. The Morgan fingerprint density at radius 3 is 2.53 bits per heavy atom. The zero-order valence-corrected chi connectivity index (χ0v) is 16.9. The quantitative estimate of drug-likeness (QED) is 0.648. The van der Waals surface area contributed by atoms with Crippen molar-refractivity contribution < 1.29 is 27.2 Å². The lowest BCUT2D eigenvalue weighted by Gasteiger charge is -2.11. The number of halogens is 5. The molecule has 158 valence electrons. The minimum Gasteiger partial charge on any atom is -0.326 e. The van der Waals surface area contributed by atoms with Crippen LogP contribution in [0.25, 0.3) is 0 Å². The van der Waals surface area contributed by atoms with E-state index in [2.05, 4.69) is 10.3 Å². The van der Waals surface area contributed by atoms with Crippen LogP contribution in [0.5, 0.6) is 0 Å². The number of benzene rings is 2. The molecule has 30 heavy (non-hydrogen) atoms. The van der Waals surface area contributed by atoms with Crippen molar-refractivity contribution in [2.75, 3.05) is 12.4 Å². The molecule has 5 nitrogen and oxygen atoms in total. The van der Waals surface area contributed by atoms with Gasteiger partial charge in [-0.15, -0.1) is 0 Å². The van der Waals surface area contributed by atoms with Gasteiger partial charge in [0.25, 0.3) is 0 Å². The molecule has 0 radical (unpaired) electrons. The number of carbonyl (C=O) groups excluding carboxylic acids is 2. The van der Waals surface area contributed by atoms with Crippen LogP contribution >= 0.6 is 23.4 Å². The summed E-state index contributed by atoms with van der Waals surface area (Å²) in [7, 11) is 1.42. The average molecular weight is 460 g/mol. The molecule has 2 aromatic carbocycles. The molecule has 0 bridgehead atoms. The predicted molar refractivity (Wildman–Crippen MR) is 107 cm³/mol. The van der Waals surface area contributed by atoms with Gasteiger partial charge in [0, 0.05) is 19.2 Å². The second-order valence-corrected chi connectivity index (χ2v) is 7.90. The topological polar surface area (TPSA) is 61.8 Å². The van der Waals surface area contributed by atoms with Gasteiger partial charge < -0.3 is 5.32 Å². The lowest BCUT2D eigenvalue weighted by Crippen LogP contribution is -2.30. The SMILES string of the molecule is CN1C(=O)[C@@H](CC(=O)Nc2ccc(F)cc2)SC1=Nc1ccc(Cl)c(C(F)(F)F)c1. The number of hydrogen-bond donors (Lipinski definition) is 1. The zero-order valence-electron chi connectivity index (χ0n) is 15.3. The van der Waals surface area contributed by atoms with Gasteiger partial charge in [-0.25, -0.2) is 9.38 Å². The van der Waals surface area contributed by atoms with E-state index in [1.165, 1.54) is 42.3 Å². The first-order valence-electron chi connectivity index (χ1n) is 8.49. The van der Waals surface area contributed by atoms with E-state index < -0.39 is 39.6 Å². The summed E-state index contributed by atoms with van der Waals surface area (Å²) in [4.78, 5) is 29.9. The van der Waals surface area contributed by atoms with E-state index in [4.69, 9.17) is 11.6 Å². The van der Waals surface area contributed by atoms with Gasteiger partial charge in [-0.05, 0) is 42.5 Å². The minimum absolute atomic E-state index is 0.0229. The molecule has 1 saturated heterocycles. The van der Waals surface area contributed by atoms with E-state index in [0.29, 0.717) is 5.69 Å². The van der Waals surface area contributed by atoms with Crippen molar-refractivity contribution in [1.29, 1.82) is 0 Å². The fourth-order valence-electron chi connectivity index (χ4n) is 2.62. The Morgan fingerprint density at radius 2 is 1.90 bits per heavy atom. The number of amidine groups is 1. The Hall–Kier alpha value is -2.59. The summed E-state index contributed by atoms with van der Waals surface area (Å²) >= 11 is 6.57. The van der Waals surface area contributed by atoms with Crippen molar-refractivity contribution in [3.63, 3.8) is 0 Å². The maximum Gasteiger partial charge on any atom is 0.417 e. The summed E-state index contributed by atoms with van der Waals surface area (Å²) in [6.45, 7) is 0. The van der Waals surface area contributed by atoms with Crippen molar-refractivity contribution >= 4 is 51.7 Å². The summed E-state index contributed by atoms with van der Waals surface area (Å²) in [6.07, 6.45) is -4.82. The van der Waals surface area contributed by atoms with Gasteiger partial charge in [-0.2, -0.15) is 13.2 Å². The molecule has 1 atom stereocenters. The maximum absolute atomic E-state index is 13.0. The normalized spacial score (nSPS) is 18.2. The smallest absolute Gasteiger partial charge is 0.326 e. The van der Waals surface area contributed by atoms with Gasteiger partial charge in [-0.1, -0.05) is 23.4 Å². The van der Waals surface area contributed by atoms with Crippen LogP contribution in [-0.4, -0.2) is 34.2 Å². The van der Waals surface area contributed by atoms with Gasteiger partial charge in [0.05, 0.1) is 16.3 Å². The second kappa shape index (κ2) is 8.65. The van der Waals surface area contributed by atoms with Gasteiger partial charge in [0.1, 0.15) is 11.1 Å². The van der Waals surface area contributed by atoms with Gasteiger partial charge >= 0.3 is 6.18 Å². The Kier molecular flexibility index (Phi) is 6.37. The molecule has 3 rings (SSSR count). The summed E-state index contributed by atoms with van der Waals surface area (Å²) in [5.74, 6) is -1.32. The molecule has 0 spiro atoms. The van der Waals surface area contributed by atoms with Gasteiger partial charge in [-0.3, -0.25) is 14.5 Å². The highest BCUT2D eigenvalue weighted by Crippen LogP contribution is 2.38. The number of alkyl halides is 3. The van der Waals surface area contributed by atoms with Crippen molar-refractivity contribution in [3.05, 3.63) is 58.9 Å². The third-order valence-electron chi connectivity index (χ3n) is 4.12. The molecule has 1 N–H and O–H groups in total. The van der Waals surface area contributed by atoms with Crippen LogP contribution in [0.2, 0.25) is 5.02 Å². The highest BCUT2D eigenvalue weighted by molar-refractivity contribution is 8.15. The summed E-state index contributed by atoms with van der Waals surface area (Å²) < 4.78 is 52.0. The number of rotatable bonds is 4. The van der Waals surface area contributed by atoms with Crippen LogP contribution in [0.4, 0.5) is 28.9 Å². The highest BCUT2D eigenvalue weighted by atomic mass is 35.5. The van der Waals surface area contributed by atoms with Crippen LogP contribution in [0, 0.1) is 5.82 Å². The Morgan fingerprint density at radius 1 is 1.23 bits per heavy atom. The standard InChI is InChI=1S/C19H14ClF4N3O2S/c1-27-17(29)15(9-16(28)25-11-4-2-10(21)3-5-11)30-18(27)26-12-6-7-14(20)13(8-12)19(22,23)24/h2-8,15H,9H2,1H3,(H,25,28)/t15-/m1/s1. The molecule has 0 aromatic heterocycles. The molecule has 1 aliphatic rings. The molecule has 1 heterocycles. The van der Waals surface area contributed by atoms with Crippen LogP contribution in [-0.2, 0) is 15.8 Å². The third-order valence-corrected chi connectivity index (χ3v) is 5.68. The Labute approximate surface area is 178 Å². The number of thioether (sulfide) groups is 1. The van der Waals surface area contributed by atoms with E-state index in [0.717, 1.165) is 23.9 Å². The molecule has 0 unspecified atom stereocenters. The molecule has 2 amide bonds. The number of nitrogens with one attached hydrogen (secondary N) is 1. The van der Waals surface area contributed by atoms with Gasteiger partial charge in [0.2, 0.25) is 11.8 Å².